The number of likely N-dealkylation sites (tertiary alicyclic amines) is 1. The Labute approximate surface area is 243 Å². The number of carbonyl (C=O) groups is 3. The smallest absolute Gasteiger partial charge is 0.414 e. The first kappa shape index (κ1) is 30.5. The Bertz CT molecular complexity index is 1020. The number of rotatable bonds is 6. The highest BCUT2D eigenvalue weighted by Gasteiger charge is 2.51. The van der Waals surface area contributed by atoms with Crippen molar-refractivity contribution in [3.63, 3.8) is 0 Å². The van der Waals surface area contributed by atoms with Gasteiger partial charge in [0.25, 0.3) is 0 Å². The average Bonchev–Trinajstić information content (AvgIpc) is 3.28. The van der Waals surface area contributed by atoms with E-state index in [4.69, 9.17) is 83.8 Å². The summed E-state index contributed by atoms with van der Waals surface area (Å²) in [4.78, 5) is 41.5. The van der Waals surface area contributed by atoms with E-state index in [0.29, 0.717) is 30.5 Å². The molecule has 15 heteroatoms. The number of anilines is 1. The van der Waals surface area contributed by atoms with Gasteiger partial charge in [0.15, 0.2) is 0 Å². The van der Waals surface area contributed by atoms with Crippen LogP contribution in [0, 0.1) is 5.92 Å². The van der Waals surface area contributed by atoms with Crippen LogP contribution >= 0.6 is 69.6 Å². The third kappa shape index (κ3) is 7.53. The van der Waals surface area contributed by atoms with Crippen molar-refractivity contribution in [3.8, 4) is 0 Å². The second-order valence-corrected chi connectivity index (χ2v) is 13.5. The lowest BCUT2D eigenvalue weighted by Gasteiger charge is -2.45. The minimum atomic E-state index is -1.83. The van der Waals surface area contributed by atoms with Gasteiger partial charge in [-0.2, -0.15) is 0 Å². The Morgan fingerprint density at radius 3 is 2.22 bits per heavy atom. The molecule has 1 aromatic carbocycles. The number of amides is 2. The summed E-state index contributed by atoms with van der Waals surface area (Å²) in [7, 11) is 1.24. The van der Waals surface area contributed by atoms with Gasteiger partial charge in [-0.1, -0.05) is 69.6 Å². The number of fused-ring (bicyclic) bond motifs is 3. The Hall–Kier alpha value is -1.07. The van der Waals surface area contributed by atoms with Gasteiger partial charge in [0.1, 0.15) is 13.2 Å². The second kappa shape index (κ2) is 12.4. The van der Waals surface area contributed by atoms with Gasteiger partial charge in [0.2, 0.25) is 7.59 Å². The number of aliphatic hydroxyl groups excluding tert-OH is 1. The molecule has 0 unspecified atom stereocenters. The highest BCUT2D eigenvalue weighted by Crippen LogP contribution is 2.51. The molecule has 0 radical (unpaired) electrons. The molecule has 1 N–H and O–H groups in total. The molecule has 37 heavy (non-hydrogen) atoms. The Balaban J connectivity index is 2.07. The number of hydrogen-bond acceptors (Lipinski definition) is 7. The van der Waals surface area contributed by atoms with E-state index in [0.717, 1.165) is 0 Å². The van der Waals surface area contributed by atoms with Gasteiger partial charge in [-0.3, -0.25) is 4.90 Å². The molecular weight excluding hydrogens is 617 g/mol. The van der Waals surface area contributed by atoms with Crippen molar-refractivity contribution in [2.24, 2.45) is 5.92 Å². The molecule has 3 rings (SSSR count). The Morgan fingerprint density at radius 2 is 1.65 bits per heavy atom. The first-order valence-electron chi connectivity index (χ1n) is 11.1. The Morgan fingerprint density at radius 1 is 1.03 bits per heavy atom. The fourth-order valence-corrected chi connectivity index (χ4v) is 5.09. The van der Waals surface area contributed by atoms with Crippen molar-refractivity contribution in [2.75, 3.05) is 38.4 Å². The zero-order chi connectivity index (χ0) is 27.5. The van der Waals surface area contributed by atoms with E-state index in [2.05, 4.69) is 0 Å². The topological polar surface area (TPSA) is 106 Å². The highest BCUT2D eigenvalue weighted by molar-refractivity contribution is 6.68. The third-order valence-electron chi connectivity index (χ3n) is 6.11. The summed E-state index contributed by atoms with van der Waals surface area (Å²) in [6.07, 6.45) is -0.274. The van der Waals surface area contributed by atoms with Crippen LogP contribution in [0.5, 0.6) is 0 Å². The molecule has 0 saturated carbocycles. The molecule has 1 aromatic rings. The van der Waals surface area contributed by atoms with E-state index in [-0.39, 0.29) is 24.6 Å². The van der Waals surface area contributed by atoms with Crippen LogP contribution in [0.1, 0.15) is 41.2 Å². The van der Waals surface area contributed by atoms with Crippen LogP contribution in [-0.4, -0.2) is 75.3 Å². The first-order valence-corrected chi connectivity index (χ1v) is 13.4. The number of carbonyl (C=O) groups excluding carboxylic acids is 3. The zero-order valence-electron chi connectivity index (χ0n) is 19.5. The van der Waals surface area contributed by atoms with E-state index in [1.807, 2.05) is 0 Å². The number of methoxy groups -OCH3 is 1. The van der Waals surface area contributed by atoms with Gasteiger partial charge < -0.3 is 24.2 Å². The normalized spacial score (nSPS) is 21.2. The van der Waals surface area contributed by atoms with Crippen LogP contribution < -0.4 is 4.90 Å². The van der Waals surface area contributed by atoms with Crippen molar-refractivity contribution in [1.29, 1.82) is 0 Å². The minimum Gasteiger partial charge on any atom is -0.465 e. The average molecular weight is 641 g/mol. The van der Waals surface area contributed by atoms with Crippen molar-refractivity contribution in [2.45, 2.75) is 38.9 Å². The van der Waals surface area contributed by atoms with Gasteiger partial charge in [-0.25, -0.2) is 14.4 Å². The van der Waals surface area contributed by atoms with E-state index in [1.165, 1.54) is 23.0 Å². The summed E-state index contributed by atoms with van der Waals surface area (Å²) >= 11 is 34.6. The van der Waals surface area contributed by atoms with E-state index >= 15 is 0 Å². The number of benzene rings is 1. The largest absolute Gasteiger partial charge is 0.465 e. The number of ether oxygens (including phenoxy) is 3. The van der Waals surface area contributed by atoms with Crippen LogP contribution in [0.3, 0.4) is 0 Å². The summed E-state index contributed by atoms with van der Waals surface area (Å²) in [6, 6.07) is 3.51. The monoisotopic (exact) mass is 638 g/mol. The standard InChI is InChI=1S/C22H24Cl6N2O7/c1-35-18(32)12-4-5-16-14(9-12)17-13(6-7-29(17)19(33)36-10-21(23,24)25)15(3-2-8-31)30(16)20(34)37-11-22(26,27)28/h4-5,9,13,15,17,31H,2-3,6-8,10-11H2,1H3/t13-,15-,17-/m0/s1. The molecule has 2 aliphatic heterocycles. The van der Waals surface area contributed by atoms with Gasteiger partial charge in [-0.15, -0.1) is 0 Å². The summed E-state index contributed by atoms with van der Waals surface area (Å²) in [6.45, 7) is -0.821. The lowest BCUT2D eigenvalue weighted by Crippen LogP contribution is -2.51. The van der Waals surface area contributed by atoms with Crippen LogP contribution in [0.4, 0.5) is 15.3 Å². The van der Waals surface area contributed by atoms with Gasteiger partial charge in [-0.05, 0) is 43.0 Å². The second-order valence-electron chi connectivity index (χ2n) is 8.50. The predicted molar refractivity (Wildman–Crippen MR) is 141 cm³/mol. The van der Waals surface area contributed by atoms with Crippen LogP contribution in [-0.2, 0) is 14.2 Å². The van der Waals surface area contributed by atoms with Crippen molar-refractivity contribution < 1.29 is 33.7 Å². The lowest BCUT2D eigenvalue weighted by atomic mass is 9.79. The fourth-order valence-electron chi connectivity index (χ4n) is 4.77. The fraction of sp³-hybridized carbons (Fsp3) is 0.591. The predicted octanol–water partition coefficient (Wildman–Crippen LogP) is 5.81. The van der Waals surface area contributed by atoms with Crippen molar-refractivity contribution in [1.82, 2.24) is 4.90 Å². The molecule has 0 aromatic heterocycles. The number of nitrogens with zero attached hydrogens (tertiary/aromatic N) is 2. The van der Waals surface area contributed by atoms with E-state index < -0.39 is 51.0 Å². The number of esters is 1. The molecule has 1 fully saturated rings. The van der Waals surface area contributed by atoms with Crippen LogP contribution in [0.25, 0.3) is 0 Å². The lowest BCUT2D eigenvalue weighted by molar-refractivity contribution is 0.0600. The maximum atomic E-state index is 13.3. The number of aliphatic hydroxyl groups is 1. The zero-order valence-corrected chi connectivity index (χ0v) is 24.0. The Kier molecular flexibility index (Phi) is 10.2. The summed E-state index contributed by atoms with van der Waals surface area (Å²) in [5.41, 5.74) is 1.08. The molecule has 0 bridgehead atoms. The molecule has 0 spiro atoms. The molecule has 2 amide bonds. The van der Waals surface area contributed by atoms with Gasteiger partial charge in [0.05, 0.1) is 24.4 Å². The number of hydrogen-bond donors (Lipinski definition) is 1. The number of halogens is 6. The highest BCUT2D eigenvalue weighted by atomic mass is 35.6. The van der Waals surface area contributed by atoms with Crippen molar-refractivity contribution in [3.05, 3.63) is 29.3 Å². The molecule has 206 valence electrons. The van der Waals surface area contributed by atoms with Crippen LogP contribution in [0.15, 0.2) is 18.2 Å². The van der Waals surface area contributed by atoms with E-state index in [1.54, 1.807) is 12.1 Å². The summed E-state index contributed by atoms with van der Waals surface area (Å²) in [5.74, 6) is -0.914. The molecule has 0 aliphatic carbocycles. The van der Waals surface area contributed by atoms with Crippen molar-refractivity contribution >= 4 is 93.4 Å². The molecule has 2 aliphatic rings. The molecule has 1 saturated heterocycles. The summed E-state index contributed by atoms with van der Waals surface area (Å²) in [5, 5.41) is 9.52. The SMILES string of the molecule is COC(=O)c1ccc2c(c1)[C@@H]1[C@@H](CCN1C(=O)OCC(Cl)(Cl)Cl)[C@H](CCCO)N2C(=O)OCC(Cl)(Cl)Cl. The molecule has 9 nitrogen and oxygen atoms in total. The van der Waals surface area contributed by atoms with Crippen LogP contribution in [0.2, 0.25) is 0 Å². The number of alkyl halides is 6. The third-order valence-corrected chi connectivity index (χ3v) is 6.76. The molecular formula is C22H24Cl6N2O7. The molecule has 3 atom stereocenters. The first-order chi connectivity index (χ1) is 17.3. The minimum absolute atomic E-state index is 0.117. The maximum Gasteiger partial charge on any atom is 0.414 e. The summed E-state index contributed by atoms with van der Waals surface area (Å²) < 4.78 is 11.7. The van der Waals surface area contributed by atoms with Gasteiger partial charge >= 0.3 is 18.2 Å². The van der Waals surface area contributed by atoms with E-state index in [9.17, 15) is 19.5 Å². The quantitative estimate of drug-likeness (QED) is 0.238. The maximum absolute atomic E-state index is 13.3. The van der Waals surface area contributed by atoms with Gasteiger partial charge in [0, 0.05) is 25.1 Å². The molecule has 2 heterocycles.